The van der Waals surface area contributed by atoms with Crippen LogP contribution in [0.3, 0.4) is 0 Å². The number of nitrogens with two attached hydrogens (primary N) is 1. The lowest BCUT2D eigenvalue weighted by Crippen LogP contribution is -2.12. The molecular weight excluding hydrogens is 282 g/mol. The summed E-state index contributed by atoms with van der Waals surface area (Å²) in [6.07, 6.45) is 4.91. The van der Waals surface area contributed by atoms with Crippen molar-refractivity contribution in [2.45, 2.75) is 38.5 Å². The third-order valence-corrected chi connectivity index (χ3v) is 4.99. The Hall–Kier alpha value is -1.48. The van der Waals surface area contributed by atoms with Gasteiger partial charge >= 0.3 is 0 Å². The number of hydrogen-bond donors (Lipinski definition) is 1. The number of rotatable bonds is 2. The predicted molar refractivity (Wildman–Crippen MR) is 88.4 cm³/mol. The SMILES string of the molecule is CC1CCC(c2nn(C)c(N)c2-c2ccccc2Cl)CC1. The molecule has 1 aliphatic carbocycles. The Kier molecular flexibility index (Phi) is 3.94. The molecule has 0 aliphatic heterocycles. The standard InChI is InChI=1S/C17H22ClN3/c1-11-7-9-12(10-8-11)16-15(17(19)21(2)20-16)13-5-3-4-6-14(13)18/h3-6,11-12H,7-10,19H2,1-2H3. The number of anilines is 1. The van der Waals surface area contributed by atoms with E-state index in [4.69, 9.17) is 22.4 Å². The van der Waals surface area contributed by atoms with Crippen LogP contribution >= 0.6 is 11.6 Å². The monoisotopic (exact) mass is 303 g/mol. The molecule has 1 heterocycles. The first-order valence-electron chi connectivity index (χ1n) is 7.65. The van der Waals surface area contributed by atoms with E-state index in [2.05, 4.69) is 6.92 Å². The van der Waals surface area contributed by atoms with Gasteiger partial charge in [0, 0.05) is 29.1 Å². The van der Waals surface area contributed by atoms with E-state index >= 15 is 0 Å². The van der Waals surface area contributed by atoms with Crippen LogP contribution in [-0.4, -0.2) is 9.78 Å². The summed E-state index contributed by atoms with van der Waals surface area (Å²) >= 11 is 6.38. The van der Waals surface area contributed by atoms with E-state index in [1.54, 1.807) is 4.68 Å². The van der Waals surface area contributed by atoms with Crippen molar-refractivity contribution in [3.8, 4) is 11.1 Å². The first-order valence-corrected chi connectivity index (χ1v) is 8.03. The molecule has 3 rings (SSSR count). The molecule has 0 bridgehead atoms. The minimum Gasteiger partial charge on any atom is -0.383 e. The maximum absolute atomic E-state index is 6.38. The second kappa shape index (κ2) is 5.72. The third-order valence-electron chi connectivity index (χ3n) is 4.66. The number of aryl methyl sites for hydroxylation is 1. The van der Waals surface area contributed by atoms with Crippen LogP contribution < -0.4 is 5.73 Å². The van der Waals surface area contributed by atoms with Crippen LogP contribution in [0.15, 0.2) is 24.3 Å². The molecule has 112 valence electrons. The van der Waals surface area contributed by atoms with Gasteiger partial charge in [-0.25, -0.2) is 0 Å². The fourth-order valence-corrected chi connectivity index (χ4v) is 3.55. The van der Waals surface area contributed by atoms with Crippen molar-refractivity contribution < 1.29 is 0 Å². The zero-order valence-electron chi connectivity index (χ0n) is 12.6. The van der Waals surface area contributed by atoms with Gasteiger partial charge in [0.15, 0.2) is 0 Å². The summed E-state index contributed by atoms with van der Waals surface area (Å²) in [6, 6.07) is 7.89. The van der Waals surface area contributed by atoms with Crippen LogP contribution in [0.25, 0.3) is 11.1 Å². The van der Waals surface area contributed by atoms with Crippen molar-refractivity contribution in [2.75, 3.05) is 5.73 Å². The molecule has 2 aromatic rings. The number of nitrogens with zero attached hydrogens (tertiary/aromatic N) is 2. The van der Waals surface area contributed by atoms with Gasteiger partial charge in [-0.3, -0.25) is 4.68 Å². The Labute approximate surface area is 131 Å². The normalized spacial score (nSPS) is 22.4. The molecule has 1 aromatic heterocycles. The van der Waals surface area contributed by atoms with Crippen LogP contribution in [0.5, 0.6) is 0 Å². The zero-order chi connectivity index (χ0) is 15.0. The molecule has 0 radical (unpaired) electrons. The topological polar surface area (TPSA) is 43.8 Å². The highest BCUT2D eigenvalue weighted by atomic mass is 35.5. The van der Waals surface area contributed by atoms with Crippen LogP contribution in [0.2, 0.25) is 5.02 Å². The van der Waals surface area contributed by atoms with Gasteiger partial charge in [-0.15, -0.1) is 0 Å². The van der Waals surface area contributed by atoms with Gasteiger partial charge in [0.2, 0.25) is 0 Å². The Bertz CT molecular complexity index is 639. The van der Waals surface area contributed by atoms with Gasteiger partial charge in [-0.05, 0) is 24.8 Å². The summed E-state index contributed by atoms with van der Waals surface area (Å²) < 4.78 is 1.78. The van der Waals surface area contributed by atoms with Crippen LogP contribution in [0, 0.1) is 5.92 Å². The molecule has 2 N–H and O–H groups in total. The van der Waals surface area contributed by atoms with Crippen molar-refractivity contribution in [3.63, 3.8) is 0 Å². The zero-order valence-corrected chi connectivity index (χ0v) is 13.4. The molecule has 1 aromatic carbocycles. The summed E-state index contributed by atoms with van der Waals surface area (Å²) in [5.41, 5.74) is 9.43. The van der Waals surface area contributed by atoms with Crippen molar-refractivity contribution >= 4 is 17.4 Å². The van der Waals surface area contributed by atoms with E-state index in [1.807, 2.05) is 31.3 Å². The number of benzene rings is 1. The lowest BCUT2D eigenvalue weighted by Gasteiger charge is -2.25. The molecular formula is C17H22ClN3. The highest BCUT2D eigenvalue weighted by Crippen LogP contribution is 2.43. The van der Waals surface area contributed by atoms with Gasteiger partial charge in [0.05, 0.1) is 5.69 Å². The largest absolute Gasteiger partial charge is 0.383 e. The molecule has 3 nitrogen and oxygen atoms in total. The summed E-state index contributed by atoms with van der Waals surface area (Å²) in [6.45, 7) is 2.33. The molecule has 1 fully saturated rings. The molecule has 1 aliphatic rings. The average Bonchev–Trinajstić information content (AvgIpc) is 2.77. The molecule has 0 unspecified atom stereocenters. The van der Waals surface area contributed by atoms with E-state index in [1.165, 1.54) is 25.7 Å². The second-order valence-corrected chi connectivity index (χ2v) is 6.61. The molecule has 1 saturated carbocycles. The van der Waals surface area contributed by atoms with Gasteiger partial charge in [0.1, 0.15) is 5.82 Å². The predicted octanol–water partition coefficient (Wildman–Crippen LogP) is 4.62. The van der Waals surface area contributed by atoms with Gasteiger partial charge in [-0.1, -0.05) is 49.6 Å². The van der Waals surface area contributed by atoms with Crippen LogP contribution in [0.4, 0.5) is 5.82 Å². The smallest absolute Gasteiger partial charge is 0.129 e. The summed E-state index contributed by atoms with van der Waals surface area (Å²) in [5.74, 6) is 2.03. The molecule has 0 atom stereocenters. The maximum Gasteiger partial charge on any atom is 0.129 e. The van der Waals surface area contributed by atoms with E-state index in [0.717, 1.165) is 27.8 Å². The van der Waals surface area contributed by atoms with E-state index in [0.29, 0.717) is 11.7 Å². The minimum atomic E-state index is 0.496. The van der Waals surface area contributed by atoms with E-state index in [9.17, 15) is 0 Å². The van der Waals surface area contributed by atoms with Crippen molar-refractivity contribution in [1.29, 1.82) is 0 Å². The first-order chi connectivity index (χ1) is 10.1. The number of hydrogen-bond acceptors (Lipinski definition) is 2. The van der Waals surface area contributed by atoms with Gasteiger partial charge < -0.3 is 5.73 Å². The summed E-state index contributed by atoms with van der Waals surface area (Å²) in [4.78, 5) is 0. The van der Waals surface area contributed by atoms with Crippen molar-refractivity contribution in [1.82, 2.24) is 9.78 Å². The fraction of sp³-hybridized carbons (Fsp3) is 0.471. The highest BCUT2D eigenvalue weighted by Gasteiger charge is 2.27. The van der Waals surface area contributed by atoms with E-state index < -0.39 is 0 Å². The Balaban J connectivity index is 2.06. The Morgan fingerprint density at radius 3 is 2.52 bits per heavy atom. The minimum absolute atomic E-state index is 0.496. The lowest BCUT2D eigenvalue weighted by molar-refractivity contribution is 0.343. The van der Waals surface area contributed by atoms with E-state index in [-0.39, 0.29) is 0 Å². The van der Waals surface area contributed by atoms with Gasteiger partial charge in [-0.2, -0.15) is 5.10 Å². The Morgan fingerprint density at radius 1 is 1.19 bits per heavy atom. The highest BCUT2D eigenvalue weighted by molar-refractivity contribution is 6.33. The molecule has 21 heavy (non-hydrogen) atoms. The molecule has 0 saturated heterocycles. The quantitative estimate of drug-likeness (QED) is 0.880. The number of halogens is 1. The Morgan fingerprint density at radius 2 is 1.86 bits per heavy atom. The third kappa shape index (κ3) is 2.67. The summed E-state index contributed by atoms with van der Waals surface area (Å²) in [7, 11) is 1.91. The second-order valence-electron chi connectivity index (χ2n) is 6.21. The summed E-state index contributed by atoms with van der Waals surface area (Å²) in [5, 5.41) is 5.45. The molecule has 4 heteroatoms. The average molecular weight is 304 g/mol. The fourth-order valence-electron chi connectivity index (χ4n) is 3.32. The number of nitrogen functional groups attached to an aromatic ring is 1. The van der Waals surface area contributed by atoms with Crippen molar-refractivity contribution in [2.24, 2.45) is 13.0 Å². The first kappa shape index (κ1) is 14.5. The number of aromatic nitrogens is 2. The van der Waals surface area contributed by atoms with Gasteiger partial charge in [0.25, 0.3) is 0 Å². The van der Waals surface area contributed by atoms with Crippen LogP contribution in [0.1, 0.15) is 44.2 Å². The molecule has 0 amide bonds. The molecule has 0 spiro atoms. The van der Waals surface area contributed by atoms with Crippen molar-refractivity contribution in [3.05, 3.63) is 35.0 Å². The maximum atomic E-state index is 6.38. The van der Waals surface area contributed by atoms with Crippen LogP contribution in [-0.2, 0) is 7.05 Å². The lowest BCUT2D eigenvalue weighted by atomic mass is 9.80.